The SMILES string of the molecule is Cc1nn(C)c(C)c1CCCN(C)c1ncc(NC(=O)c2ccc(F)cc2)cc1C(=O)O. The first-order valence-electron chi connectivity index (χ1n) is 10.2. The Morgan fingerprint density at radius 1 is 1.22 bits per heavy atom. The molecule has 168 valence electrons. The number of nitrogens with zero attached hydrogens (tertiary/aromatic N) is 4. The van der Waals surface area contributed by atoms with Gasteiger partial charge in [0, 0.05) is 31.9 Å². The fourth-order valence-electron chi connectivity index (χ4n) is 3.57. The number of carbonyl (C=O) groups excluding carboxylic acids is 1. The van der Waals surface area contributed by atoms with E-state index < -0.39 is 17.7 Å². The fraction of sp³-hybridized carbons (Fsp3) is 0.304. The molecule has 0 bridgehead atoms. The number of aromatic nitrogens is 3. The van der Waals surface area contributed by atoms with Gasteiger partial charge in [0.1, 0.15) is 17.2 Å². The molecule has 0 aliphatic carbocycles. The summed E-state index contributed by atoms with van der Waals surface area (Å²) in [6, 6.07) is 6.44. The van der Waals surface area contributed by atoms with Gasteiger partial charge in [-0.05, 0) is 62.6 Å². The van der Waals surface area contributed by atoms with Gasteiger partial charge in [-0.3, -0.25) is 9.48 Å². The largest absolute Gasteiger partial charge is 0.478 e. The highest BCUT2D eigenvalue weighted by Crippen LogP contribution is 2.22. The normalized spacial score (nSPS) is 10.8. The number of halogens is 1. The van der Waals surface area contributed by atoms with Crippen LogP contribution >= 0.6 is 0 Å². The summed E-state index contributed by atoms with van der Waals surface area (Å²) in [7, 11) is 3.70. The van der Waals surface area contributed by atoms with Gasteiger partial charge in [0.15, 0.2) is 0 Å². The second kappa shape index (κ2) is 9.59. The van der Waals surface area contributed by atoms with Gasteiger partial charge in [0.05, 0.1) is 17.6 Å². The van der Waals surface area contributed by atoms with Gasteiger partial charge >= 0.3 is 5.97 Å². The number of nitrogens with one attached hydrogen (secondary N) is 1. The Balaban J connectivity index is 1.70. The number of hydrogen-bond acceptors (Lipinski definition) is 5. The maximum atomic E-state index is 13.0. The third-order valence-corrected chi connectivity index (χ3v) is 5.40. The van der Waals surface area contributed by atoms with Crippen LogP contribution in [-0.2, 0) is 13.5 Å². The first-order valence-corrected chi connectivity index (χ1v) is 10.2. The Labute approximate surface area is 185 Å². The molecule has 2 N–H and O–H groups in total. The summed E-state index contributed by atoms with van der Waals surface area (Å²) in [5.74, 6) is -1.75. The van der Waals surface area contributed by atoms with Crippen molar-refractivity contribution in [3.05, 3.63) is 70.4 Å². The van der Waals surface area contributed by atoms with E-state index in [-0.39, 0.29) is 16.8 Å². The van der Waals surface area contributed by atoms with Crippen molar-refractivity contribution in [3.8, 4) is 0 Å². The van der Waals surface area contributed by atoms with E-state index in [4.69, 9.17) is 0 Å². The van der Waals surface area contributed by atoms with Gasteiger partial charge in [0.25, 0.3) is 5.91 Å². The molecule has 0 saturated carbocycles. The highest BCUT2D eigenvalue weighted by molar-refractivity contribution is 6.05. The first-order chi connectivity index (χ1) is 15.2. The smallest absolute Gasteiger partial charge is 0.339 e. The molecule has 32 heavy (non-hydrogen) atoms. The van der Waals surface area contributed by atoms with Crippen molar-refractivity contribution in [3.63, 3.8) is 0 Å². The number of carboxylic acids is 1. The molecule has 2 aromatic heterocycles. The minimum atomic E-state index is -1.14. The Kier molecular flexibility index (Phi) is 6.87. The van der Waals surface area contributed by atoms with Gasteiger partial charge in [-0.25, -0.2) is 14.2 Å². The molecule has 0 atom stereocenters. The van der Waals surface area contributed by atoms with Gasteiger partial charge in [0.2, 0.25) is 0 Å². The Hall–Kier alpha value is -3.75. The average Bonchev–Trinajstić information content (AvgIpc) is 2.99. The van der Waals surface area contributed by atoms with Crippen molar-refractivity contribution in [2.45, 2.75) is 26.7 Å². The summed E-state index contributed by atoms with van der Waals surface area (Å²) in [5.41, 5.74) is 3.80. The molecule has 0 aliphatic heterocycles. The van der Waals surface area contributed by atoms with E-state index in [9.17, 15) is 19.1 Å². The summed E-state index contributed by atoms with van der Waals surface area (Å²) in [5, 5.41) is 16.7. The molecule has 0 radical (unpaired) electrons. The summed E-state index contributed by atoms with van der Waals surface area (Å²) in [6.45, 7) is 4.61. The number of aryl methyl sites for hydroxylation is 2. The second-order valence-electron chi connectivity index (χ2n) is 7.66. The molecule has 0 aliphatic rings. The van der Waals surface area contributed by atoms with Crippen LogP contribution < -0.4 is 10.2 Å². The summed E-state index contributed by atoms with van der Waals surface area (Å²) < 4.78 is 14.9. The van der Waals surface area contributed by atoms with Crippen molar-refractivity contribution < 1.29 is 19.1 Å². The molecule has 0 saturated heterocycles. The quantitative estimate of drug-likeness (QED) is 0.556. The molecule has 1 aromatic carbocycles. The van der Waals surface area contributed by atoms with E-state index >= 15 is 0 Å². The van der Waals surface area contributed by atoms with E-state index in [1.54, 1.807) is 11.9 Å². The van der Waals surface area contributed by atoms with Gasteiger partial charge in [-0.15, -0.1) is 0 Å². The van der Waals surface area contributed by atoms with E-state index in [0.29, 0.717) is 12.4 Å². The zero-order valence-corrected chi connectivity index (χ0v) is 18.5. The third-order valence-electron chi connectivity index (χ3n) is 5.40. The zero-order chi connectivity index (χ0) is 23.4. The molecule has 9 heteroatoms. The number of rotatable bonds is 8. The second-order valence-corrected chi connectivity index (χ2v) is 7.66. The van der Waals surface area contributed by atoms with Crippen LogP contribution in [0.1, 0.15) is 44.1 Å². The number of carbonyl (C=O) groups is 2. The van der Waals surface area contributed by atoms with E-state index in [1.807, 2.05) is 25.6 Å². The van der Waals surface area contributed by atoms with Crippen molar-refractivity contribution in [2.24, 2.45) is 7.05 Å². The van der Waals surface area contributed by atoms with Crippen molar-refractivity contribution >= 4 is 23.4 Å². The topological polar surface area (TPSA) is 100 Å². The predicted molar refractivity (Wildman–Crippen MR) is 120 cm³/mol. The number of carboxylic acid groups (broad SMARTS) is 1. The van der Waals surface area contributed by atoms with E-state index in [2.05, 4.69) is 15.4 Å². The van der Waals surface area contributed by atoms with Crippen molar-refractivity contribution in [2.75, 3.05) is 23.8 Å². The number of anilines is 2. The number of pyridine rings is 1. The Morgan fingerprint density at radius 3 is 2.50 bits per heavy atom. The van der Waals surface area contributed by atoms with Crippen LogP contribution in [0.15, 0.2) is 36.5 Å². The van der Waals surface area contributed by atoms with Crippen molar-refractivity contribution in [1.82, 2.24) is 14.8 Å². The molecule has 1 amide bonds. The molecule has 0 fully saturated rings. The fourth-order valence-corrected chi connectivity index (χ4v) is 3.57. The van der Waals surface area contributed by atoms with Gasteiger partial charge in [-0.2, -0.15) is 5.10 Å². The Bertz CT molecular complexity index is 1140. The minimum absolute atomic E-state index is 0.0156. The van der Waals surface area contributed by atoms with E-state index in [1.165, 1.54) is 42.1 Å². The molecule has 0 unspecified atom stereocenters. The maximum Gasteiger partial charge on any atom is 0.339 e. The van der Waals surface area contributed by atoms with Crippen molar-refractivity contribution in [1.29, 1.82) is 0 Å². The highest BCUT2D eigenvalue weighted by Gasteiger charge is 2.18. The molecule has 0 spiro atoms. The van der Waals surface area contributed by atoms with Crippen LogP contribution in [0.25, 0.3) is 0 Å². The Morgan fingerprint density at radius 2 is 1.91 bits per heavy atom. The summed E-state index contributed by atoms with van der Waals surface area (Å²) in [6.07, 6.45) is 3.03. The highest BCUT2D eigenvalue weighted by atomic mass is 19.1. The maximum absolute atomic E-state index is 13.0. The number of aromatic carboxylic acids is 1. The lowest BCUT2D eigenvalue weighted by atomic mass is 10.1. The first kappa shape index (κ1) is 22.9. The number of benzene rings is 1. The molecule has 8 nitrogen and oxygen atoms in total. The lowest BCUT2D eigenvalue weighted by molar-refractivity contribution is 0.0696. The number of hydrogen-bond donors (Lipinski definition) is 2. The van der Waals surface area contributed by atoms with Crippen LogP contribution in [0.3, 0.4) is 0 Å². The lowest BCUT2D eigenvalue weighted by Crippen LogP contribution is -2.23. The van der Waals surface area contributed by atoms with Crippen LogP contribution in [-0.4, -0.2) is 45.3 Å². The van der Waals surface area contributed by atoms with Gasteiger partial charge in [-0.1, -0.05) is 0 Å². The van der Waals surface area contributed by atoms with E-state index in [0.717, 1.165) is 24.2 Å². The summed E-state index contributed by atoms with van der Waals surface area (Å²) in [4.78, 5) is 30.2. The minimum Gasteiger partial charge on any atom is -0.478 e. The molecule has 2 heterocycles. The van der Waals surface area contributed by atoms with Crippen LogP contribution in [0.2, 0.25) is 0 Å². The molecule has 3 aromatic rings. The zero-order valence-electron chi connectivity index (χ0n) is 18.5. The summed E-state index contributed by atoms with van der Waals surface area (Å²) >= 11 is 0. The van der Waals surface area contributed by atoms with Crippen LogP contribution in [0.5, 0.6) is 0 Å². The number of amides is 1. The van der Waals surface area contributed by atoms with Gasteiger partial charge < -0.3 is 15.3 Å². The third kappa shape index (κ3) is 5.11. The molecular weight excluding hydrogens is 413 g/mol. The standard InChI is InChI=1S/C23H26FN5O3/c1-14-19(15(2)29(4)27-14)6-5-11-28(3)21-20(23(31)32)12-18(13-25-21)26-22(30)16-7-9-17(24)10-8-16/h7-10,12-13H,5-6,11H2,1-4H3,(H,26,30)(H,31,32). The average molecular weight is 439 g/mol. The van der Waals surface area contributed by atoms with Crippen LogP contribution in [0, 0.1) is 19.7 Å². The molecule has 3 rings (SSSR count). The monoisotopic (exact) mass is 439 g/mol. The molecular formula is C23H26FN5O3. The lowest BCUT2D eigenvalue weighted by Gasteiger charge is -2.20. The predicted octanol–water partition coefficient (Wildman–Crippen LogP) is 3.59. The van der Waals surface area contributed by atoms with Crippen LogP contribution in [0.4, 0.5) is 15.9 Å².